The number of carbonyl (C=O) groups is 2. The molecule has 136 valence electrons. The Morgan fingerprint density at radius 1 is 1.23 bits per heavy atom. The third kappa shape index (κ3) is 4.08. The van der Waals surface area contributed by atoms with Crippen LogP contribution in [-0.2, 0) is 16.6 Å². The number of ether oxygens (including phenoxy) is 1. The molecule has 1 amide bonds. The first-order chi connectivity index (χ1) is 12.4. The van der Waals surface area contributed by atoms with Crippen molar-refractivity contribution in [2.24, 2.45) is 12.1 Å². The van der Waals surface area contributed by atoms with E-state index in [9.17, 15) is 9.59 Å². The van der Waals surface area contributed by atoms with Crippen LogP contribution in [0.1, 0.15) is 29.4 Å². The van der Waals surface area contributed by atoms with E-state index >= 15 is 0 Å². The zero-order valence-corrected chi connectivity index (χ0v) is 15.0. The van der Waals surface area contributed by atoms with Crippen molar-refractivity contribution in [3.63, 3.8) is 0 Å². The SMILES string of the molecule is CC1=NN(c2ccc(C(=O)OCC(=O)Nc3cc(C)nn3C)cc2)CC1. The predicted octanol–water partition coefficient (Wildman–Crippen LogP) is 2.11. The molecule has 1 aromatic heterocycles. The van der Waals surface area contributed by atoms with Gasteiger partial charge < -0.3 is 10.1 Å². The maximum absolute atomic E-state index is 12.1. The Hall–Kier alpha value is -3.16. The molecule has 8 heteroatoms. The van der Waals surface area contributed by atoms with E-state index in [1.165, 1.54) is 0 Å². The van der Waals surface area contributed by atoms with E-state index < -0.39 is 11.9 Å². The van der Waals surface area contributed by atoms with Gasteiger partial charge >= 0.3 is 5.97 Å². The number of nitrogens with one attached hydrogen (secondary N) is 1. The minimum Gasteiger partial charge on any atom is -0.452 e. The molecule has 0 spiro atoms. The summed E-state index contributed by atoms with van der Waals surface area (Å²) in [6, 6.07) is 8.71. The van der Waals surface area contributed by atoms with E-state index in [1.807, 2.05) is 31.0 Å². The number of hydrogen-bond donors (Lipinski definition) is 1. The standard InChI is InChI=1S/C18H21N5O3/c1-12-8-9-23(21-12)15-6-4-14(5-7-15)18(25)26-11-17(24)19-16-10-13(2)20-22(16)3/h4-7,10H,8-9,11H2,1-3H3,(H,19,24). The van der Waals surface area contributed by atoms with Crippen LogP contribution in [0.5, 0.6) is 0 Å². The average molecular weight is 355 g/mol. The topological polar surface area (TPSA) is 88.8 Å². The van der Waals surface area contributed by atoms with Crippen molar-refractivity contribution in [3.8, 4) is 0 Å². The van der Waals surface area contributed by atoms with Gasteiger partial charge in [-0.15, -0.1) is 0 Å². The van der Waals surface area contributed by atoms with E-state index in [-0.39, 0.29) is 6.61 Å². The van der Waals surface area contributed by atoms with Gasteiger partial charge in [0.15, 0.2) is 6.61 Å². The number of anilines is 2. The summed E-state index contributed by atoms with van der Waals surface area (Å²) in [6.07, 6.45) is 0.940. The van der Waals surface area contributed by atoms with Gasteiger partial charge in [0.1, 0.15) is 5.82 Å². The summed E-state index contributed by atoms with van der Waals surface area (Å²) in [5.41, 5.74) is 3.18. The molecule has 0 atom stereocenters. The van der Waals surface area contributed by atoms with Crippen LogP contribution in [0.25, 0.3) is 0 Å². The molecule has 1 aliphatic heterocycles. The Balaban J connectivity index is 1.53. The summed E-state index contributed by atoms with van der Waals surface area (Å²) in [7, 11) is 1.72. The molecular formula is C18H21N5O3. The molecule has 0 unspecified atom stereocenters. The summed E-state index contributed by atoms with van der Waals surface area (Å²) in [4.78, 5) is 24.0. The molecule has 2 heterocycles. The van der Waals surface area contributed by atoms with Crippen LogP contribution in [0.15, 0.2) is 35.4 Å². The number of amides is 1. The summed E-state index contributed by atoms with van der Waals surface area (Å²) < 4.78 is 6.62. The van der Waals surface area contributed by atoms with Crippen LogP contribution in [0.2, 0.25) is 0 Å². The van der Waals surface area contributed by atoms with Crippen LogP contribution < -0.4 is 10.3 Å². The van der Waals surface area contributed by atoms with Gasteiger partial charge in [0.25, 0.3) is 5.91 Å². The van der Waals surface area contributed by atoms with Gasteiger partial charge in [-0.3, -0.25) is 14.5 Å². The highest BCUT2D eigenvalue weighted by Crippen LogP contribution is 2.20. The monoisotopic (exact) mass is 355 g/mol. The van der Waals surface area contributed by atoms with Crippen molar-refractivity contribution in [2.45, 2.75) is 20.3 Å². The molecule has 0 radical (unpaired) electrons. The molecule has 0 saturated heterocycles. The second-order valence-electron chi connectivity index (χ2n) is 6.17. The summed E-state index contributed by atoms with van der Waals surface area (Å²) in [6.45, 7) is 4.29. The van der Waals surface area contributed by atoms with Crippen molar-refractivity contribution >= 4 is 29.1 Å². The zero-order valence-electron chi connectivity index (χ0n) is 15.0. The van der Waals surface area contributed by atoms with Gasteiger partial charge in [-0.25, -0.2) is 4.79 Å². The molecule has 26 heavy (non-hydrogen) atoms. The highest BCUT2D eigenvalue weighted by Gasteiger charge is 2.15. The lowest BCUT2D eigenvalue weighted by Gasteiger charge is -2.13. The summed E-state index contributed by atoms with van der Waals surface area (Å²) in [5.74, 6) is -0.414. The quantitative estimate of drug-likeness (QED) is 0.830. The van der Waals surface area contributed by atoms with Gasteiger partial charge in [-0.1, -0.05) is 0 Å². The Labute approximate surface area is 151 Å². The largest absolute Gasteiger partial charge is 0.452 e. The molecule has 0 fully saturated rings. The molecule has 1 aromatic carbocycles. The number of nitrogens with zero attached hydrogens (tertiary/aromatic N) is 4. The molecule has 1 aliphatic rings. The molecule has 0 bridgehead atoms. The average Bonchev–Trinajstić information content (AvgIpc) is 3.18. The minimum atomic E-state index is -0.547. The van der Waals surface area contributed by atoms with E-state index in [1.54, 1.807) is 29.9 Å². The van der Waals surface area contributed by atoms with Crippen LogP contribution in [0, 0.1) is 6.92 Å². The van der Waals surface area contributed by atoms with Gasteiger partial charge in [0, 0.05) is 31.8 Å². The highest BCUT2D eigenvalue weighted by atomic mass is 16.5. The number of aryl methyl sites for hydroxylation is 2. The number of aromatic nitrogens is 2. The molecular weight excluding hydrogens is 334 g/mol. The third-order valence-corrected chi connectivity index (χ3v) is 3.98. The van der Waals surface area contributed by atoms with Crippen molar-refractivity contribution in [3.05, 3.63) is 41.6 Å². The number of rotatable bonds is 5. The van der Waals surface area contributed by atoms with Crippen LogP contribution in [-0.4, -0.2) is 40.5 Å². The first-order valence-corrected chi connectivity index (χ1v) is 8.31. The van der Waals surface area contributed by atoms with Crippen molar-refractivity contribution < 1.29 is 14.3 Å². The molecule has 3 rings (SSSR count). The fourth-order valence-corrected chi connectivity index (χ4v) is 2.65. The fraction of sp³-hybridized carbons (Fsp3) is 0.333. The van der Waals surface area contributed by atoms with Gasteiger partial charge in [-0.05, 0) is 38.1 Å². The number of carbonyl (C=O) groups excluding carboxylic acids is 2. The first-order valence-electron chi connectivity index (χ1n) is 8.31. The van der Waals surface area contributed by atoms with E-state index in [2.05, 4.69) is 15.5 Å². The number of hydrazone groups is 1. The maximum atomic E-state index is 12.1. The van der Waals surface area contributed by atoms with E-state index in [0.717, 1.165) is 30.1 Å². The Bertz CT molecular complexity index is 854. The molecule has 8 nitrogen and oxygen atoms in total. The van der Waals surface area contributed by atoms with Crippen LogP contribution >= 0.6 is 0 Å². The molecule has 0 saturated carbocycles. The van der Waals surface area contributed by atoms with Crippen molar-refractivity contribution in [1.82, 2.24) is 9.78 Å². The Morgan fingerprint density at radius 3 is 2.54 bits per heavy atom. The predicted molar refractivity (Wildman–Crippen MR) is 98.4 cm³/mol. The van der Waals surface area contributed by atoms with Gasteiger partial charge in [0.05, 0.1) is 16.9 Å². The van der Waals surface area contributed by atoms with Gasteiger partial charge in [0.2, 0.25) is 0 Å². The third-order valence-electron chi connectivity index (χ3n) is 3.98. The smallest absolute Gasteiger partial charge is 0.338 e. The number of esters is 1. The summed E-state index contributed by atoms with van der Waals surface area (Å²) >= 11 is 0. The van der Waals surface area contributed by atoms with Crippen LogP contribution in [0.3, 0.4) is 0 Å². The Kier molecular flexibility index (Phi) is 5.01. The van der Waals surface area contributed by atoms with Crippen LogP contribution in [0.4, 0.5) is 11.5 Å². The zero-order chi connectivity index (χ0) is 18.7. The van der Waals surface area contributed by atoms with E-state index in [4.69, 9.17) is 4.74 Å². The highest BCUT2D eigenvalue weighted by molar-refractivity contribution is 5.95. The maximum Gasteiger partial charge on any atom is 0.338 e. The molecule has 1 N–H and O–H groups in total. The minimum absolute atomic E-state index is 0.361. The molecule has 2 aromatic rings. The number of hydrogen-bond acceptors (Lipinski definition) is 6. The first kappa shape index (κ1) is 17.7. The van der Waals surface area contributed by atoms with Crippen molar-refractivity contribution in [2.75, 3.05) is 23.5 Å². The lowest BCUT2D eigenvalue weighted by atomic mass is 10.2. The lowest BCUT2D eigenvalue weighted by molar-refractivity contribution is -0.119. The second kappa shape index (κ2) is 7.38. The Morgan fingerprint density at radius 2 is 1.96 bits per heavy atom. The lowest BCUT2D eigenvalue weighted by Crippen LogP contribution is -2.22. The molecule has 0 aliphatic carbocycles. The number of benzene rings is 1. The van der Waals surface area contributed by atoms with E-state index in [0.29, 0.717) is 11.4 Å². The second-order valence-corrected chi connectivity index (χ2v) is 6.17. The fourth-order valence-electron chi connectivity index (χ4n) is 2.65. The normalized spacial score (nSPS) is 13.5. The summed E-state index contributed by atoms with van der Waals surface area (Å²) in [5, 5.41) is 13.1. The van der Waals surface area contributed by atoms with Crippen molar-refractivity contribution in [1.29, 1.82) is 0 Å². The van der Waals surface area contributed by atoms with Gasteiger partial charge in [-0.2, -0.15) is 10.2 Å².